The number of ether oxygens (including phenoxy) is 1. The van der Waals surface area contributed by atoms with Gasteiger partial charge < -0.3 is 20.3 Å². The highest BCUT2D eigenvalue weighted by atomic mass is 16.5. The number of aliphatic hydroxyl groups is 2. The summed E-state index contributed by atoms with van der Waals surface area (Å²) in [6.45, 7) is 2.56. The fourth-order valence-corrected chi connectivity index (χ4v) is 1.67. The number of aliphatic hydroxyl groups excluding tert-OH is 2. The summed E-state index contributed by atoms with van der Waals surface area (Å²) in [4.78, 5) is 10.9. The van der Waals surface area contributed by atoms with E-state index in [0.717, 1.165) is 0 Å². The van der Waals surface area contributed by atoms with Crippen molar-refractivity contribution in [3.05, 3.63) is 29.3 Å². The number of likely N-dealkylation sites (N-methyl/N-ethyl adjacent to an activating group) is 1. The Balaban J connectivity index is 2.93. The number of hydrogen-bond donors (Lipinski definition) is 3. The standard InChI is InChI=1S/C13H19NO4/c1-3-18-12-5-4-9(6-10(12)8-15)13(17)11(16)7-14-2/h4-6,8,11,13-14,16-17H,3,7H2,1-2H3. The fraction of sp³-hybridized carbons (Fsp3) is 0.462. The maximum Gasteiger partial charge on any atom is 0.153 e. The molecule has 18 heavy (non-hydrogen) atoms. The molecule has 1 aromatic rings. The average molecular weight is 253 g/mol. The van der Waals surface area contributed by atoms with Crippen molar-refractivity contribution >= 4 is 6.29 Å². The van der Waals surface area contributed by atoms with Crippen molar-refractivity contribution in [3.63, 3.8) is 0 Å². The van der Waals surface area contributed by atoms with E-state index in [1.165, 1.54) is 6.07 Å². The van der Waals surface area contributed by atoms with E-state index in [1.54, 1.807) is 19.2 Å². The van der Waals surface area contributed by atoms with Crippen LogP contribution in [0.5, 0.6) is 5.75 Å². The molecule has 0 radical (unpaired) electrons. The van der Waals surface area contributed by atoms with Gasteiger partial charge in [-0.3, -0.25) is 4.79 Å². The smallest absolute Gasteiger partial charge is 0.153 e. The Kier molecular flexibility index (Phi) is 5.77. The highest BCUT2D eigenvalue weighted by Gasteiger charge is 2.18. The Morgan fingerprint density at radius 2 is 2.17 bits per heavy atom. The van der Waals surface area contributed by atoms with Crippen LogP contribution in [0, 0.1) is 0 Å². The molecule has 5 heteroatoms. The first-order chi connectivity index (χ1) is 8.63. The van der Waals surface area contributed by atoms with Crippen LogP contribution < -0.4 is 10.1 Å². The molecule has 0 aromatic heterocycles. The van der Waals surface area contributed by atoms with Gasteiger partial charge >= 0.3 is 0 Å². The van der Waals surface area contributed by atoms with E-state index in [2.05, 4.69) is 5.32 Å². The normalized spacial score (nSPS) is 14.0. The molecule has 0 aliphatic rings. The van der Waals surface area contributed by atoms with Crippen LogP contribution in [0.25, 0.3) is 0 Å². The summed E-state index contributed by atoms with van der Waals surface area (Å²) in [5.41, 5.74) is 0.855. The lowest BCUT2D eigenvalue weighted by molar-refractivity contribution is 0.0202. The summed E-state index contributed by atoms with van der Waals surface area (Å²) in [6.07, 6.45) is -1.29. The van der Waals surface area contributed by atoms with Crippen LogP contribution in [-0.2, 0) is 0 Å². The maximum absolute atomic E-state index is 10.9. The van der Waals surface area contributed by atoms with Gasteiger partial charge in [-0.1, -0.05) is 6.07 Å². The number of hydrogen-bond acceptors (Lipinski definition) is 5. The van der Waals surface area contributed by atoms with Gasteiger partial charge in [0.1, 0.15) is 11.9 Å². The minimum absolute atomic E-state index is 0.269. The molecule has 1 rings (SSSR count). The Bertz CT molecular complexity index is 395. The molecule has 0 spiro atoms. The summed E-state index contributed by atoms with van der Waals surface area (Å²) < 4.78 is 5.28. The lowest BCUT2D eigenvalue weighted by Gasteiger charge is -2.18. The third kappa shape index (κ3) is 3.53. The number of aldehydes is 1. The molecule has 0 aliphatic heterocycles. The third-order valence-corrected chi connectivity index (χ3v) is 2.58. The van der Waals surface area contributed by atoms with Gasteiger partial charge in [0.2, 0.25) is 0 Å². The molecule has 2 unspecified atom stereocenters. The van der Waals surface area contributed by atoms with Gasteiger partial charge in [0.15, 0.2) is 6.29 Å². The van der Waals surface area contributed by atoms with Crippen molar-refractivity contribution in [2.24, 2.45) is 0 Å². The van der Waals surface area contributed by atoms with Crippen molar-refractivity contribution in [1.29, 1.82) is 0 Å². The van der Waals surface area contributed by atoms with Gasteiger partial charge in [-0.25, -0.2) is 0 Å². The summed E-state index contributed by atoms with van der Waals surface area (Å²) >= 11 is 0. The molecule has 0 saturated carbocycles. The van der Waals surface area contributed by atoms with Crippen LogP contribution in [0.15, 0.2) is 18.2 Å². The molecule has 100 valence electrons. The molecule has 0 heterocycles. The SMILES string of the molecule is CCOc1ccc(C(O)C(O)CNC)cc1C=O. The molecule has 1 aromatic carbocycles. The summed E-state index contributed by atoms with van der Waals surface area (Å²) in [7, 11) is 1.69. The molecule has 0 fully saturated rings. The number of benzene rings is 1. The van der Waals surface area contributed by atoms with Crippen molar-refractivity contribution in [3.8, 4) is 5.75 Å². The van der Waals surface area contributed by atoms with Crippen molar-refractivity contribution in [2.75, 3.05) is 20.2 Å². The first-order valence-electron chi connectivity index (χ1n) is 5.86. The lowest BCUT2D eigenvalue weighted by Crippen LogP contribution is -2.29. The fourth-order valence-electron chi connectivity index (χ4n) is 1.67. The molecule has 3 N–H and O–H groups in total. The van der Waals surface area contributed by atoms with Gasteiger partial charge in [-0.2, -0.15) is 0 Å². The first kappa shape index (κ1) is 14.6. The van der Waals surface area contributed by atoms with E-state index < -0.39 is 12.2 Å². The molecule has 2 atom stereocenters. The van der Waals surface area contributed by atoms with Crippen molar-refractivity contribution < 1.29 is 19.7 Å². The van der Waals surface area contributed by atoms with Crippen LogP contribution in [0.3, 0.4) is 0 Å². The largest absolute Gasteiger partial charge is 0.493 e. The molecule has 0 amide bonds. The van der Waals surface area contributed by atoms with Gasteiger partial charge in [0.25, 0.3) is 0 Å². The first-order valence-corrected chi connectivity index (χ1v) is 5.86. The van der Waals surface area contributed by atoms with Crippen LogP contribution >= 0.6 is 0 Å². The second kappa shape index (κ2) is 7.10. The van der Waals surface area contributed by atoms with Crippen LogP contribution in [0.4, 0.5) is 0 Å². The minimum atomic E-state index is -1.04. The number of carbonyl (C=O) groups is 1. The third-order valence-electron chi connectivity index (χ3n) is 2.58. The Labute approximate surface area is 106 Å². The maximum atomic E-state index is 10.9. The molecule has 0 aliphatic carbocycles. The summed E-state index contributed by atoms with van der Waals surface area (Å²) in [5.74, 6) is 0.478. The molecular formula is C13H19NO4. The highest BCUT2D eigenvalue weighted by Crippen LogP contribution is 2.24. The zero-order valence-electron chi connectivity index (χ0n) is 10.6. The summed E-state index contributed by atoms with van der Waals surface area (Å²) in [6, 6.07) is 4.79. The highest BCUT2D eigenvalue weighted by molar-refractivity contribution is 5.79. The van der Waals surface area contributed by atoms with Gasteiger partial charge in [-0.05, 0) is 31.7 Å². The second-order valence-electron chi connectivity index (χ2n) is 3.92. The number of nitrogens with one attached hydrogen (secondary N) is 1. The van der Waals surface area contributed by atoms with Gasteiger partial charge in [0, 0.05) is 6.54 Å². The number of carbonyl (C=O) groups excluding carboxylic acids is 1. The predicted octanol–water partition coefficient (Wildman–Crippen LogP) is 0.511. The lowest BCUT2D eigenvalue weighted by atomic mass is 10.0. The van der Waals surface area contributed by atoms with Crippen LogP contribution in [-0.4, -0.2) is 42.8 Å². The molecular weight excluding hydrogens is 234 g/mol. The summed E-state index contributed by atoms with van der Waals surface area (Å²) in [5, 5.41) is 22.4. The van der Waals surface area contributed by atoms with E-state index >= 15 is 0 Å². The Morgan fingerprint density at radius 3 is 2.72 bits per heavy atom. The zero-order chi connectivity index (χ0) is 13.5. The van der Waals surface area contributed by atoms with E-state index in [0.29, 0.717) is 29.8 Å². The van der Waals surface area contributed by atoms with E-state index in [1.807, 2.05) is 6.92 Å². The minimum Gasteiger partial charge on any atom is -0.493 e. The second-order valence-corrected chi connectivity index (χ2v) is 3.92. The Hall–Kier alpha value is -1.43. The number of rotatable bonds is 7. The van der Waals surface area contributed by atoms with E-state index in [4.69, 9.17) is 4.74 Å². The molecule has 5 nitrogen and oxygen atoms in total. The van der Waals surface area contributed by atoms with E-state index in [9.17, 15) is 15.0 Å². The van der Waals surface area contributed by atoms with Crippen molar-refractivity contribution in [1.82, 2.24) is 5.32 Å². The van der Waals surface area contributed by atoms with Crippen LogP contribution in [0.2, 0.25) is 0 Å². The average Bonchev–Trinajstić information content (AvgIpc) is 2.39. The van der Waals surface area contributed by atoms with E-state index in [-0.39, 0.29) is 6.54 Å². The quantitative estimate of drug-likeness (QED) is 0.617. The van der Waals surface area contributed by atoms with Gasteiger partial charge in [0.05, 0.1) is 18.3 Å². The van der Waals surface area contributed by atoms with Crippen molar-refractivity contribution in [2.45, 2.75) is 19.1 Å². The van der Waals surface area contributed by atoms with Crippen LogP contribution in [0.1, 0.15) is 28.9 Å². The Morgan fingerprint density at radius 1 is 1.44 bits per heavy atom. The van der Waals surface area contributed by atoms with Gasteiger partial charge in [-0.15, -0.1) is 0 Å². The molecule has 0 bridgehead atoms. The molecule has 0 saturated heterocycles. The predicted molar refractivity (Wildman–Crippen MR) is 67.9 cm³/mol. The monoisotopic (exact) mass is 253 g/mol. The topological polar surface area (TPSA) is 78.8 Å². The zero-order valence-corrected chi connectivity index (χ0v) is 10.6.